The van der Waals surface area contributed by atoms with Gasteiger partial charge in [0.25, 0.3) is 5.91 Å². The monoisotopic (exact) mass is 368 g/mol. The molecule has 8 heteroatoms. The summed E-state index contributed by atoms with van der Waals surface area (Å²) in [4.78, 5) is 49.7. The maximum Gasteiger partial charge on any atom is 0.311 e. The molecular formula is C18H28N2O6. The van der Waals surface area contributed by atoms with E-state index in [2.05, 4.69) is 5.32 Å². The third kappa shape index (κ3) is 4.95. The smallest absolute Gasteiger partial charge is 0.311 e. The van der Waals surface area contributed by atoms with E-state index in [9.17, 15) is 19.2 Å². The van der Waals surface area contributed by atoms with Crippen LogP contribution in [-0.4, -0.2) is 61.5 Å². The van der Waals surface area contributed by atoms with Gasteiger partial charge in [0.15, 0.2) is 6.10 Å². The van der Waals surface area contributed by atoms with Crippen LogP contribution in [0.25, 0.3) is 0 Å². The van der Waals surface area contributed by atoms with Crippen molar-refractivity contribution in [2.24, 2.45) is 17.8 Å². The minimum absolute atomic E-state index is 0.0704. The highest BCUT2D eigenvalue weighted by molar-refractivity contribution is 5.86. The van der Waals surface area contributed by atoms with E-state index in [-0.39, 0.29) is 36.2 Å². The molecule has 1 N–H and O–H groups in total. The largest absolute Gasteiger partial charge is 0.469 e. The zero-order valence-corrected chi connectivity index (χ0v) is 15.7. The molecule has 2 rings (SSSR count). The molecular weight excluding hydrogens is 340 g/mol. The Morgan fingerprint density at radius 3 is 2.23 bits per heavy atom. The standard InChI is InChI=1S/C18H28N2O6/c1-11(2)15(26-18(24)13-4-5-14(21)19-10-13)16(22)20-8-6-12(7-9-20)17(23)25-3/h11-13,15H,4-10H2,1-3H3,(H,19,21). The number of nitrogens with zero attached hydrogens (tertiary/aromatic N) is 1. The van der Waals surface area contributed by atoms with Gasteiger partial charge in [0.2, 0.25) is 5.91 Å². The first-order valence-electron chi connectivity index (χ1n) is 9.17. The lowest BCUT2D eigenvalue weighted by Gasteiger charge is -2.34. The normalized spacial score (nSPS) is 22.5. The maximum absolute atomic E-state index is 12.8. The number of carbonyl (C=O) groups excluding carboxylic acids is 4. The Morgan fingerprint density at radius 1 is 1.08 bits per heavy atom. The maximum atomic E-state index is 12.8. The van der Waals surface area contributed by atoms with Crippen LogP contribution in [0.5, 0.6) is 0 Å². The lowest BCUT2D eigenvalue weighted by atomic mass is 9.95. The predicted molar refractivity (Wildman–Crippen MR) is 91.8 cm³/mol. The quantitative estimate of drug-likeness (QED) is 0.709. The Hall–Kier alpha value is -2.12. The van der Waals surface area contributed by atoms with Crippen molar-refractivity contribution < 1.29 is 28.7 Å². The number of esters is 2. The van der Waals surface area contributed by atoms with Crippen LogP contribution in [0.15, 0.2) is 0 Å². The molecule has 2 aliphatic heterocycles. The second-order valence-corrected chi connectivity index (χ2v) is 7.26. The van der Waals surface area contributed by atoms with Gasteiger partial charge >= 0.3 is 11.9 Å². The van der Waals surface area contributed by atoms with Crippen LogP contribution in [0, 0.1) is 17.8 Å². The summed E-state index contributed by atoms with van der Waals surface area (Å²) in [5, 5.41) is 2.65. The van der Waals surface area contributed by atoms with Gasteiger partial charge in [-0.2, -0.15) is 0 Å². The topological polar surface area (TPSA) is 102 Å². The van der Waals surface area contributed by atoms with E-state index >= 15 is 0 Å². The zero-order chi connectivity index (χ0) is 19.3. The molecule has 0 aromatic heterocycles. The molecule has 0 bridgehead atoms. The van der Waals surface area contributed by atoms with Gasteiger partial charge in [-0.05, 0) is 25.2 Å². The molecule has 0 aliphatic carbocycles. The Labute approximate surface area is 153 Å². The molecule has 2 saturated heterocycles. The van der Waals surface area contributed by atoms with Gasteiger partial charge in [-0.15, -0.1) is 0 Å². The minimum Gasteiger partial charge on any atom is -0.469 e. The van der Waals surface area contributed by atoms with E-state index in [1.807, 2.05) is 13.8 Å². The fourth-order valence-corrected chi connectivity index (χ4v) is 3.31. The van der Waals surface area contributed by atoms with Crippen molar-refractivity contribution in [3.8, 4) is 0 Å². The summed E-state index contributed by atoms with van der Waals surface area (Å²) in [6, 6.07) is 0. The number of carbonyl (C=O) groups is 4. The molecule has 0 spiro atoms. The summed E-state index contributed by atoms with van der Waals surface area (Å²) in [7, 11) is 1.36. The van der Waals surface area contributed by atoms with Crippen LogP contribution in [0.4, 0.5) is 0 Å². The van der Waals surface area contributed by atoms with Gasteiger partial charge in [-0.25, -0.2) is 0 Å². The average molecular weight is 368 g/mol. The third-order valence-electron chi connectivity index (χ3n) is 5.03. The molecule has 2 aliphatic rings. The SMILES string of the molecule is COC(=O)C1CCN(C(=O)C(OC(=O)C2CCC(=O)NC2)C(C)C)CC1. The number of hydrogen-bond donors (Lipinski definition) is 1. The molecule has 0 radical (unpaired) electrons. The van der Waals surface area contributed by atoms with E-state index in [4.69, 9.17) is 9.47 Å². The molecule has 0 aromatic carbocycles. The van der Waals surface area contributed by atoms with Crippen LogP contribution in [0.1, 0.15) is 39.5 Å². The lowest BCUT2D eigenvalue weighted by Crippen LogP contribution is -2.49. The molecule has 2 atom stereocenters. The van der Waals surface area contributed by atoms with E-state index in [1.165, 1.54) is 7.11 Å². The second-order valence-electron chi connectivity index (χ2n) is 7.26. The van der Waals surface area contributed by atoms with Gasteiger partial charge in [0, 0.05) is 26.1 Å². The van der Waals surface area contributed by atoms with E-state index in [0.29, 0.717) is 38.8 Å². The molecule has 2 fully saturated rings. The Bertz CT molecular complexity index is 544. The van der Waals surface area contributed by atoms with Crippen molar-refractivity contribution in [3.63, 3.8) is 0 Å². The van der Waals surface area contributed by atoms with Crippen LogP contribution in [-0.2, 0) is 28.7 Å². The first-order valence-corrected chi connectivity index (χ1v) is 9.17. The van der Waals surface area contributed by atoms with E-state index in [1.54, 1.807) is 4.90 Å². The van der Waals surface area contributed by atoms with Gasteiger partial charge in [0.1, 0.15) is 0 Å². The fraction of sp³-hybridized carbons (Fsp3) is 0.778. The summed E-state index contributed by atoms with van der Waals surface area (Å²) in [5.41, 5.74) is 0. The van der Waals surface area contributed by atoms with Crippen molar-refractivity contribution in [3.05, 3.63) is 0 Å². The molecule has 2 heterocycles. The van der Waals surface area contributed by atoms with Crippen molar-refractivity contribution >= 4 is 23.8 Å². The first-order chi connectivity index (χ1) is 12.3. The minimum atomic E-state index is -0.852. The number of ether oxygens (including phenoxy) is 2. The molecule has 26 heavy (non-hydrogen) atoms. The summed E-state index contributed by atoms with van der Waals surface area (Å²) >= 11 is 0. The van der Waals surface area contributed by atoms with Crippen molar-refractivity contribution in [2.45, 2.75) is 45.6 Å². The van der Waals surface area contributed by atoms with Crippen LogP contribution >= 0.6 is 0 Å². The Kier molecular flexibility index (Phi) is 6.99. The van der Waals surface area contributed by atoms with Gasteiger partial charge < -0.3 is 19.7 Å². The molecule has 2 amide bonds. The predicted octanol–water partition coefficient (Wildman–Crippen LogP) is 0.492. The highest BCUT2D eigenvalue weighted by Crippen LogP contribution is 2.22. The van der Waals surface area contributed by atoms with Crippen LogP contribution in [0.3, 0.4) is 0 Å². The van der Waals surface area contributed by atoms with Gasteiger partial charge in [0.05, 0.1) is 18.9 Å². The van der Waals surface area contributed by atoms with Crippen molar-refractivity contribution in [1.29, 1.82) is 0 Å². The number of hydrogen-bond acceptors (Lipinski definition) is 6. The number of piperidine rings is 2. The third-order valence-corrected chi connectivity index (χ3v) is 5.03. The van der Waals surface area contributed by atoms with Gasteiger partial charge in [-0.3, -0.25) is 19.2 Å². The first kappa shape index (κ1) is 20.2. The Morgan fingerprint density at radius 2 is 1.73 bits per heavy atom. The van der Waals surface area contributed by atoms with Crippen molar-refractivity contribution in [1.82, 2.24) is 10.2 Å². The highest BCUT2D eigenvalue weighted by Gasteiger charge is 2.36. The van der Waals surface area contributed by atoms with Crippen LogP contribution in [0.2, 0.25) is 0 Å². The summed E-state index contributed by atoms with van der Waals surface area (Å²) < 4.78 is 10.3. The molecule has 8 nitrogen and oxygen atoms in total. The summed E-state index contributed by atoms with van der Waals surface area (Å²) in [6.07, 6.45) is 0.974. The number of likely N-dealkylation sites (tertiary alicyclic amines) is 1. The van der Waals surface area contributed by atoms with Gasteiger partial charge in [-0.1, -0.05) is 13.8 Å². The second kappa shape index (κ2) is 9.00. The van der Waals surface area contributed by atoms with E-state index in [0.717, 1.165) is 0 Å². The molecule has 2 unspecified atom stereocenters. The average Bonchev–Trinajstić information content (AvgIpc) is 2.65. The van der Waals surface area contributed by atoms with Crippen molar-refractivity contribution in [2.75, 3.05) is 26.7 Å². The number of nitrogens with one attached hydrogen (secondary N) is 1. The lowest BCUT2D eigenvalue weighted by molar-refractivity contribution is -0.168. The molecule has 0 saturated carbocycles. The highest BCUT2D eigenvalue weighted by atomic mass is 16.5. The number of methoxy groups -OCH3 is 1. The molecule has 0 aromatic rings. The number of amides is 2. The van der Waals surface area contributed by atoms with Crippen LogP contribution < -0.4 is 5.32 Å². The summed E-state index contributed by atoms with van der Waals surface area (Å²) in [6.45, 7) is 4.80. The van der Waals surface area contributed by atoms with E-state index < -0.39 is 18.0 Å². The Balaban J connectivity index is 1.92. The zero-order valence-electron chi connectivity index (χ0n) is 15.7. The fourth-order valence-electron chi connectivity index (χ4n) is 3.31. The molecule has 146 valence electrons. The number of rotatable bonds is 5. The summed E-state index contributed by atoms with van der Waals surface area (Å²) in [5.74, 6) is -1.75.